The van der Waals surface area contributed by atoms with Gasteiger partial charge in [-0.3, -0.25) is 4.79 Å². The summed E-state index contributed by atoms with van der Waals surface area (Å²) in [7, 11) is 0. The molecule has 0 saturated heterocycles. The van der Waals surface area contributed by atoms with Crippen molar-refractivity contribution in [1.29, 1.82) is 0 Å². The summed E-state index contributed by atoms with van der Waals surface area (Å²) in [6, 6.07) is 13.8. The Morgan fingerprint density at radius 2 is 2.04 bits per heavy atom. The number of hydrogen-bond donors (Lipinski definition) is 1. The molecule has 0 radical (unpaired) electrons. The van der Waals surface area contributed by atoms with Crippen molar-refractivity contribution in [3.63, 3.8) is 0 Å². The van der Waals surface area contributed by atoms with Gasteiger partial charge in [-0.15, -0.1) is 16.8 Å². The van der Waals surface area contributed by atoms with Crippen molar-refractivity contribution in [2.45, 2.75) is 30.9 Å². The molecule has 1 amide bonds. The molecule has 1 heterocycles. The van der Waals surface area contributed by atoms with Crippen LogP contribution in [0.25, 0.3) is 0 Å². The average Bonchev–Trinajstić information content (AvgIpc) is 3.07. The van der Waals surface area contributed by atoms with Gasteiger partial charge in [-0.1, -0.05) is 47.7 Å². The Morgan fingerprint density at radius 1 is 1.25 bits per heavy atom. The van der Waals surface area contributed by atoms with Gasteiger partial charge in [0.05, 0.1) is 6.54 Å². The second kappa shape index (κ2) is 9.32. The third kappa shape index (κ3) is 5.07. The highest BCUT2D eigenvalue weighted by Crippen LogP contribution is 2.22. The maximum Gasteiger partial charge on any atom is 0.251 e. The number of rotatable bonds is 8. The lowest BCUT2D eigenvalue weighted by Gasteiger charge is -2.09. The lowest BCUT2D eigenvalue weighted by Crippen LogP contribution is -2.24. The molecule has 5 nitrogen and oxygen atoms in total. The van der Waals surface area contributed by atoms with E-state index in [0.717, 1.165) is 16.3 Å². The first-order chi connectivity index (χ1) is 13.6. The maximum absolute atomic E-state index is 13.0. The highest BCUT2D eigenvalue weighted by atomic mass is 32.2. The molecular weight excluding hydrogens is 375 g/mol. The quantitative estimate of drug-likeness (QED) is 0.459. The third-order valence-electron chi connectivity index (χ3n) is 4.07. The molecule has 0 aliphatic carbocycles. The van der Waals surface area contributed by atoms with Gasteiger partial charge in [-0.2, -0.15) is 0 Å². The lowest BCUT2D eigenvalue weighted by atomic mass is 10.1. The summed E-state index contributed by atoms with van der Waals surface area (Å²) in [6.45, 7) is 6.53. The van der Waals surface area contributed by atoms with Crippen LogP contribution in [0.4, 0.5) is 4.39 Å². The van der Waals surface area contributed by atoms with E-state index in [0.29, 0.717) is 23.7 Å². The monoisotopic (exact) mass is 396 g/mol. The Morgan fingerprint density at radius 3 is 2.75 bits per heavy atom. The predicted molar refractivity (Wildman–Crippen MR) is 109 cm³/mol. The van der Waals surface area contributed by atoms with Crippen molar-refractivity contribution in [2.24, 2.45) is 0 Å². The van der Waals surface area contributed by atoms with E-state index in [2.05, 4.69) is 22.1 Å². The van der Waals surface area contributed by atoms with Crippen LogP contribution in [-0.2, 0) is 18.8 Å². The number of allylic oxidation sites excluding steroid dienone is 1. The summed E-state index contributed by atoms with van der Waals surface area (Å²) in [5.41, 5.74) is 2.64. The number of nitrogens with zero attached hydrogens (tertiary/aromatic N) is 3. The maximum atomic E-state index is 13.0. The summed E-state index contributed by atoms with van der Waals surface area (Å²) in [5.74, 6) is 0.890. The Bertz CT molecular complexity index is 969. The Hall–Kier alpha value is -2.93. The number of hydrogen-bond acceptors (Lipinski definition) is 4. The number of halogens is 1. The zero-order valence-corrected chi connectivity index (χ0v) is 16.4. The van der Waals surface area contributed by atoms with Crippen LogP contribution in [0.1, 0.15) is 27.3 Å². The van der Waals surface area contributed by atoms with Crippen LogP contribution in [0.2, 0.25) is 0 Å². The molecule has 0 aliphatic rings. The van der Waals surface area contributed by atoms with Crippen LogP contribution >= 0.6 is 11.8 Å². The van der Waals surface area contributed by atoms with Crippen LogP contribution in [0, 0.1) is 12.7 Å². The molecule has 1 N–H and O–H groups in total. The number of nitrogens with one attached hydrogen (secondary N) is 1. The fourth-order valence-electron chi connectivity index (χ4n) is 2.65. The standard InChI is InChI=1S/C21H21FN4OS/c1-3-11-26-19(13-23-20(27)17-6-4-5-15(2)12-17)24-25-21(26)28-14-16-7-9-18(22)10-8-16/h3-10,12H,1,11,13-14H2,2H3,(H,23,27). The minimum absolute atomic E-state index is 0.155. The minimum atomic E-state index is -0.254. The van der Waals surface area contributed by atoms with E-state index >= 15 is 0 Å². The first-order valence-electron chi connectivity index (χ1n) is 8.82. The van der Waals surface area contributed by atoms with Crippen molar-refractivity contribution in [1.82, 2.24) is 20.1 Å². The van der Waals surface area contributed by atoms with Crippen LogP contribution in [0.3, 0.4) is 0 Å². The zero-order valence-electron chi connectivity index (χ0n) is 15.6. The van der Waals surface area contributed by atoms with Crippen LogP contribution in [-0.4, -0.2) is 20.7 Å². The smallest absolute Gasteiger partial charge is 0.251 e. The van der Waals surface area contributed by atoms with Gasteiger partial charge in [0.1, 0.15) is 5.82 Å². The number of benzene rings is 2. The van der Waals surface area contributed by atoms with Crippen molar-refractivity contribution >= 4 is 17.7 Å². The van der Waals surface area contributed by atoms with E-state index in [9.17, 15) is 9.18 Å². The van der Waals surface area contributed by atoms with Crippen molar-refractivity contribution in [3.05, 3.63) is 89.5 Å². The molecule has 0 bridgehead atoms. The highest BCUT2D eigenvalue weighted by molar-refractivity contribution is 7.98. The Labute approximate surface area is 167 Å². The second-order valence-electron chi connectivity index (χ2n) is 6.27. The van der Waals surface area contributed by atoms with E-state index < -0.39 is 0 Å². The number of aryl methyl sites for hydroxylation is 1. The van der Waals surface area contributed by atoms with E-state index in [1.54, 1.807) is 24.3 Å². The first-order valence-corrected chi connectivity index (χ1v) is 9.80. The fraction of sp³-hybridized carbons (Fsp3) is 0.190. The summed E-state index contributed by atoms with van der Waals surface area (Å²) in [5, 5.41) is 12.1. The molecule has 144 valence electrons. The summed E-state index contributed by atoms with van der Waals surface area (Å²) >= 11 is 1.51. The molecular formula is C21H21FN4OS. The van der Waals surface area contributed by atoms with E-state index in [-0.39, 0.29) is 18.3 Å². The molecule has 0 aliphatic heterocycles. The molecule has 1 aromatic heterocycles. The second-order valence-corrected chi connectivity index (χ2v) is 7.21. The number of thioether (sulfide) groups is 1. The van der Waals surface area contributed by atoms with E-state index in [4.69, 9.17) is 0 Å². The minimum Gasteiger partial charge on any atom is -0.345 e. The van der Waals surface area contributed by atoms with E-state index in [1.807, 2.05) is 29.7 Å². The Balaban J connectivity index is 1.66. The van der Waals surface area contributed by atoms with Gasteiger partial charge in [0.2, 0.25) is 0 Å². The zero-order chi connectivity index (χ0) is 19.9. The van der Waals surface area contributed by atoms with Crippen molar-refractivity contribution in [3.8, 4) is 0 Å². The van der Waals surface area contributed by atoms with Gasteiger partial charge in [0.25, 0.3) is 5.91 Å². The molecule has 0 spiro atoms. The SMILES string of the molecule is C=CCn1c(CNC(=O)c2cccc(C)c2)nnc1SCc1ccc(F)cc1. The summed E-state index contributed by atoms with van der Waals surface area (Å²) < 4.78 is 14.9. The largest absolute Gasteiger partial charge is 0.345 e. The molecule has 2 aromatic carbocycles. The Kier molecular flexibility index (Phi) is 6.60. The summed E-state index contributed by atoms with van der Waals surface area (Å²) in [6.07, 6.45) is 1.76. The molecule has 0 atom stereocenters. The topological polar surface area (TPSA) is 59.8 Å². The average molecular weight is 396 g/mol. The number of carbonyl (C=O) groups is 1. The fourth-order valence-corrected chi connectivity index (χ4v) is 3.57. The van der Waals surface area contributed by atoms with Gasteiger partial charge >= 0.3 is 0 Å². The van der Waals surface area contributed by atoms with Gasteiger partial charge in [-0.25, -0.2) is 4.39 Å². The molecule has 3 aromatic rings. The normalized spacial score (nSPS) is 10.6. The van der Waals surface area contributed by atoms with Crippen molar-refractivity contribution < 1.29 is 9.18 Å². The van der Waals surface area contributed by atoms with Gasteiger partial charge < -0.3 is 9.88 Å². The molecule has 28 heavy (non-hydrogen) atoms. The van der Waals surface area contributed by atoms with Gasteiger partial charge in [0.15, 0.2) is 11.0 Å². The van der Waals surface area contributed by atoms with Crippen molar-refractivity contribution in [2.75, 3.05) is 0 Å². The first kappa shape index (κ1) is 19.8. The number of carbonyl (C=O) groups excluding carboxylic acids is 1. The van der Waals surface area contributed by atoms with Crippen LogP contribution in [0.5, 0.6) is 0 Å². The lowest BCUT2D eigenvalue weighted by molar-refractivity contribution is 0.0949. The van der Waals surface area contributed by atoms with E-state index in [1.165, 1.54) is 23.9 Å². The van der Waals surface area contributed by atoms with Gasteiger partial charge in [0, 0.05) is 17.9 Å². The summed E-state index contributed by atoms with van der Waals surface area (Å²) in [4.78, 5) is 12.4. The molecule has 0 saturated carbocycles. The molecule has 3 rings (SSSR count). The number of amides is 1. The number of aromatic nitrogens is 3. The third-order valence-corrected chi connectivity index (χ3v) is 5.11. The molecule has 0 fully saturated rings. The van der Waals surface area contributed by atoms with Crippen LogP contribution < -0.4 is 5.32 Å². The highest BCUT2D eigenvalue weighted by Gasteiger charge is 2.13. The van der Waals surface area contributed by atoms with Gasteiger partial charge in [-0.05, 0) is 36.8 Å². The predicted octanol–water partition coefficient (Wildman–Crippen LogP) is 4.13. The van der Waals surface area contributed by atoms with Crippen LogP contribution in [0.15, 0.2) is 66.3 Å². The molecule has 7 heteroatoms. The molecule has 0 unspecified atom stereocenters.